The first-order valence-electron chi connectivity index (χ1n) is 4.50. The van der Waals surface area contributed by atoms with Crippen LogP contribution in [0.15, 0.2) is 41.6 Å². The Morgan fingerprint density at radius 2 is 1.94 bits per heavy atom. The summed E-state index contributed by atoms with van der Waals surface area (Å²) in [6.45, 7) is 0. The fourth-order valence-electron chi connectivity index (χ4n) is 1.12. The zero-order valence-corrected chi connectivity index (χ0v) is 9.98. The van der Waals surface area contributed by atoms with Gasteiger partial charge in [-0.25, -0.2) is 13.4 Å². The van der Waals surface area contributed by atoms with Crippen LogP contribution in [0.3, 0.4) is 0 Å². The molecule has 88 valence electrons. The van der Waals surface area contributed by atoms with E-state index in [2.05, 4.69) is 19.9 Å². The Kier molecular flexibility index (Phi) is 3.21. The third-order valence-corrected chi connectivity index (χ3v) is 3.63. The number of nitrogens with one attached hydrogen (secondary N) is 1. The molecule has 0 aliphatic carbocycles. The van der Waals surface area contributed by atoms with Crippen LogP contribution in [0, 0.1) is 0 Å². The van der Waals surface area contributed by atoms with Gasteiger partial charge >= 0.3 is 0 Å². The minimum absolute atomic E-state index is 0.0936. The van der Waals surface area contributed by atoms with Gasteiger partial charge in [-0.05, 0) is 24.3 Å². The van der Waals surface area contributed by atoms with Crippen LogP contribution in [-0.2, 0) is 10.0 Å². The lowest BCUT2D eigenvalue weighted by Crippen LogP contribution is -2.14. The quantitative estimate of drug-likeness (QED) is 0.851. The van der Waals surface area contributed by atoms with E-state index in [0.29, 0.717) is 0 Å². The summed E-state index contributed by atoms with van der Waals surface area (Å²) in [4.78, 5) is 3.59. The van der Waals surface area contributed by atoms with Crippen LogP contribution in [0.25, 0.3) is 0 Å². The van der Waals surface area contributed by atoms with Crippen LogP contribution in [0.1, 0.15) is 0 Å². The van der Waals surface area contributed by atoms with Crippen LogP contribution >= 0.6 is 11.6 Å². The van der Waals surface area contributed by atoms with Gasteiger partial charge in [0.1, 0.15) is 10.0 Å². The summed E-state index contributed by atoms with van der Waals surface area (Å²) in [5, 5.41) is 7.08. The van der Waals surface area contributed by atoms with Crippen molar-refractivity contribution in [1.29, 1.82) is 0 Å². The largest absolute Gasteiger partial charge is 0.266 e. The maximum absolute atomic E-state index is 11.9. The Balaban J connectivity index is 2.36. The molecule has 0 atom stereocenters. The van der Waals surface area contributed by atoms with E-state index in [-0.39, 0.29) is 15.9 Å². The van der Waals surface area contributed by atoms with Gasteiger partial charge in [0.25, 0.3) is 10.0 Å². The predicted molar refractivity (Wildman–Crippen MR) is 62.1 cm³/mol. The molecule has 2 aromatic heterocycles. The monoisotopic (exact) mass is 270 g/mol. The third kappa shape index (κ3) is 2.69. The summed E-state index contributed by atoms with van der Waals surface area (Å²) in [5.41, 5.74) is 0. The van der Waals surface area contributed by atoms with Crippen LogP contribution in [0.5, 0.6) is 0 Å². The van der Waals surface area contributed by atoms with Crippen molar-refractivity contribution in [3.63, 3.8) is 0 Å². The van der Waals surface area contributed by atoms with Crippen molar-refractivity contribution < 1.29 is 8.42 Å². The molecule has 0 radical (unpaired) electrons. The lowest BCUT2D eigenvalue weighted by Gasteiger charge is -2.06. The average molecular weight is 271 g/mol. The summed E-state index contributed by atoms with van der Waals surface area (Å²) >= 11 is 5.71. The van der Waals surface area contributed by atoms with Crippen molar-refractivity contribution in [2.45, 2.75) is 4.90 Å². The van der Waals surface area contributed by atoms with Crippen molar-refractivity contribution in [2.24, 2.45) is 0 Å². The first-order valence-corrected chi connectivity index (χ1v) is 6.37. The van der Waals surface area contributed by atoms with Crippen LogP contribution in [0.4, 0.5) is 5.82 Å². The second kappa shape index (κ2) is 4.64. The normalized spacial score (nSPS) is 11.1. The molecule has 0 unspecified atom stereocenters. The molecule has 2 rings (SSSR count). The van der Waals surface area contributed by atoms with Crippen LogP contribution in [0.2, 0.25) is 5.15 Å². The van der Waals surface area contributed by atoms with Gasteiger partial charge in [-0.1, -0.05) is 11.6 Å². The van der Waals surface area contributed by atoms with Gasteiger partial charge in [-0.2, -0.15) is 5.10 Å². The SMILES string of the molecule is O=S(=O)(Nc1cccnn1)c1cccnc1Cl. The number of pyridine rings is 1. The van der Waals surface area contributed by atoms with Crippen molar-refractivity contribution in [1.82, 2.24) is 15.2 Å². The smallest absolute Gasteiger partial charge is 0.262 e. The molecule has 0 amide bonds. The molecule has 0 aliphatic rings. The first kappa shape index (κ1) is 11.7. The zero-order valence-electron chi connectivity index (χ0n) is 8.41. The Bertz CT molecular complexity index is 618. The van der Waals surface area contributed by atoms with Crippen LogP contribution in [-0.4, -0.2) is 23.6 Å². The highest BCUT2D eigenvalue weighted by Gasteiger charge is 2.18. The maximum atomic E-state index is 11.9. The van der Waals surface area contributed by atoms with Crippen molar-refractivity contribution in [3.05, 3.63) is 41.8 Å². The predicted octanol–water partition coefficient (Wildman–Crippen LogP) is 1.33. The molecule has 0 aromatic carbocycles. The van der Waals surface area contributed by atoms with E-state index in [1.165, 1.54) is 30.6 Å². The number of sulfonamides is 1. The van der Waals surface area contributed by atoms with Gasteiger partial charge in [0, 0.05) is 12.4 Å². The molecule has 0 fully saturated rings. The molecule has 8 heteroatoms. The number of anilines is 1. The van der Waals surface area contributed by atoms with E-state index in [9.17, 15) is 8.42 Å². The molecular weight excluding hydrogens is 264 g/mol. The van der Waals surface area contributed by atoms with E-state index in [1.54, 1.807) is 6.07 Å². The van der Waals surface area contributed by atoms with Gasteiger partial charge in [-0.15, -0.1) is 5.10 Å². The number of hydrogen-bond donors (Lipinski definition) is 1. The zero-order chi connectivity index (χ0) is 12.3. The number of rotatable bonds is 3. The fraction of sp³-hybridized carbons (Fsp3) is 0. The molecule has 17 heavy (non-hydrogen) atoms. The Morgan fingerprint density at radius 3 is 2.59 bits per heavy atom. The molecule has 0 spiro atoms. The molecule has 2 aromatic rings. The van der Waals surface area contributed by atoms with Crippen molar-refractivity contribution in [3.8, 4) is 0 Å². The Morgan fingerprint density at radius 1 is 1.18 bits per heavy atom. The lowest BCUT2D eigenvalue weighted by molar-refractivity contribution is 0.600. The number of nitrogens with zero attached hydrogens (tertiary/aromatic N) is 3. The molecule has 1 N–H and O–H groups in total. The van der Waals surface area contributed by atoms with Gasteiger partial charge in [0.15, 0.2) is 5.82 Å². The van der Waals surface area contributed by atoms with Crippen molar-refractivity contribution >= 4 is 27.4 Å². The van der Waals surface area contributed by atoms with E-state index in [1.807, 2.05) is 0 Å². The topological polar surface area (TPSA) is 84.8 Å². The third-order valence-electron chi connectivity index (χ3n) is 1.83. The molecule has 0 aliphatic heterocycles. The molecule has 2 heterocycles. The summed E-state index contributed by atoms with van der Waals surface area (Å²) < 4.78 is 26.1. The summed E-state index contributed by atoms with van der Waals surface area (Å²) in [7, 11) is -3.79. The Hall–Kier alpha value is -1.73. The van der Waals surface area contributed by atoms with Gasteiger partial charge < -0.3 is 0 Å². The molecule has 0 saturated heterocycles. The van der Waals surface area contributed by atoms with E-state index in [4.69, 9.17) is 11.6 Å². The van der Waals surface area contributed by atoms with Gasteiger partial charge in [-0.3, -0.25) is 4.72 Å². The molecule has 0 bridgehead atoms. The van der Waals surface area contributed by atoms with Crippen LogP contribution < -0.4 is 4.72 Å². The highest BCUT2D eigenvalue weighted by atomic mass is 35.5. The second-order valence-electron chi connectivity index (χ2n) is 3.01. The van der Waals surface area contributed by atoms with E-state index >= 15 is 0 Å². The second-order valence-corrected chi connectivity index (χ2v) is 5.02. The van der Waals surface area contributed by atoms with Gasteiger partial charge in [0.2, 0.25) is 0 Å². The molecular formula is C9H7ClN4O2S. The number of hydrogen-bond acceptors (Lipinski definition) is 5. The Labute approximate surface area is 103 Å². The lowest BCUT2D eigenvalue weighted by atomic mass is 10.5. The molecule has 6 nitrogen and oxygen atoms in total. The highest BCUT2D eigenvalue weighted by molar-refractivity contribution is 7.92. The maximum Gasteiger partial charge on any atom is 0.266 e. The van der Waals surface area contributed by atoms with Crippen molar-refractivity contribution in [2.75, 3.05) is 4.72 Å². The highest BCUT2D eigenvalue weighted by Crippen LogP contribution is 2.19. The number of aromatic nitrogens is 3. The fourth-order valence-corrected chi connectivity index (χ4v) is 2.57. The number of halogens is 1. The summed E-state index contributed by atoms with van der Waals surface area (Å²) in [5.74, 6) is 0.118. The first-order chi connectivity index (χ1) is 8.09. The minimum Gasteiger partial charge on any atom is -0.262 e. The average Bonchev–Trinajstić information content (AvgIpc) is 2.30. The minimum atomic E-state index is -3.79. The van der Waals surface area contributed by atoms with Gasteiger partial charge in [0.05, 0.1) is 0 Å². The summed E-state index contributed by atoms with van der Waals surface area (Å²) in [6.07, 6.45) is 2.85. The summed E-state index contributed by atoms with van der Waals surface area (Å²) in [6, 6.07) is 5.88. The standard InChI is InChI=1S/C9H7ClN4O2S/c10-9-7(3-1-5-11-9)17(15,16)14-8-4-2-6-12-13-8/h1-6H,(H,13,14). The van der Waals surface area contributed by atoms with E-state index < -0.39 is 10.0 Å². The molecule has 0 saturated carbocycles. The van der Waals surface area contributed by atoms with E-state index in [0.717, 1.165) is 0 Å².